The van der Waals surface area contributed by atoms with Crippen molar-refractivity contribution >= 4 is 11.9 Å². The van der Waals surface area contributed by atoms with Crippen molar-refractivity contribution in [2.45, 2.75) is 44.3 Å². The molecule has 4 atom stereocenters. The Labute approximate surface area is 100.0 Å². The van der Waals surface area contributed by atoms with Gasteiger partial charge in [0.15, 0.2) is 0 Å². The average Bonchev–Trinajstić information content (AvgIpc) is 2.41. The predicted molar refractivity (Wildman–Crippen MR) is 59.0 cm³/mol. The second kappa shape index (κ2) is 3.34. The molecule has 3 bridgehead atoms. The van der Waals surface area contributed by atoms with Crippen LogP contribution in [0.5, 0.6) is 0 Å². The summed E-state index contributed by atoms with van der Waals surface area (Å²) < 4.78 is 10.9. The quantitative estimate of drug-likeness (QED) is 0.539. The molecular formula is C13H16O4. The Hall–Kier alpha value is -1.32. The Morgan fingerprint density at radius 1 is 1.47 bits per heavy atom. The number of fused-ring (bicyclic) bond motifs is 2. The third kappa shape index (κ3) is 1.50. The molecule has 1 saturated heterocycles. The van der Waals surface area contributed by atoms with Crippen molar-refractivity contribution in [3.8, 4) is 0 Å². The normalized spacial score (nSPS) is 42.2. The van der Waals surface area contributed by atoms with Gasteiger partial charge in [-0.15, -0.1) is 0 Å². The average molecular weight is 236 g/mol. The minimum atomic E-state index is -0.598. The summed E-state index contributed by atoms with van der Waals surface area (Å²) >= 11 is 0. The Balaban J connectivity index is 1.89. The maximum Gasteiger partial charge on any atom is 0.333 e. The first-order valence-electron chi connectivity index (χ1n) is 6.09. The summed E-state index contributed by atoms with van der Waals surface area (Å²) in [6, 6.07) is 0. The topological polar surface area (TPSA) is 52.6 Å². The molecule has 3 fully saturated rings. The molecule has 0 N–H and O–H groups in total. The molecule has 0 aromatic carbocycles. The van der Waals surface area contributed by atoms with Crippen molar-refractivity contribution in [3.05, 3.63) is 12.2 Å². The van der Waals surface area contributed by atoms with Crippen LogP contribution in [-0.4, -0.2) is 23.6 Å². The summed E-state index contributed by atoms with van der Waals surface area (Å²) in [5.74, 6) is -0.362. The molecule has 0 radical (unpaired) electrons. The van der Waals surface area contributed by atoms with Crippen LogP contribution in [-0.2, 0) is 19.1 Å². The lowest BCUT2D eigenvalue weighted by Crippen LogP contribution is -2.52. The van der Waals surface area contributed by atoms with Gasteiger partial charge in [-0.05, 0) is 32.1 Å². The molecular weight excluding hydrogens is 220 g/mol. The van der Waals surface area contributed by atoms with Gasteiger partial charge in [-0.3, -0.25) is 4.79 Å². The van der Waals surface area contributed by atoms with Gasteiger partial charge >= 0.3 is 11.9 Å². The van der Waals surface area contributed by atoms with Crippen LogP contribution in [0.1, 0.15) is 32.6 Å². The van der Waals surface area contributed by atoms with Crippen LogP contribution in [0.3, 0.4) is 0 Å². The van der Waals surface area contributed by atoms with Crippen molar-refractivity contribution in [3.63, 3.8) is 0 Å². The molecule has 0 aromatic heterocycles. The Morgan fingerprint density at radius 3 is 2.94 bits per heavy atom. The van der Waals surface area contributed by atoms with Gasteiger partial charge in [-0.25, -0.2) is 4.79 Å². The molecule has 4 heteroatoms. The highest BCUT2D eigenvalue weighted by atomic mass is 16.6. The van der Waals surface area contributed by atoms with E-state index in [1.54, 1.807) is 6.92 Å². The van der Waals surface area contributed by atoms with Gasteiger partial charge in [0.25, 0.3) is 0 Å². The van der Waals surface area contributed by atoms with E-state index in [0.29, 0.717) is 17.9 Å². The first kappa shape index (κ1) is 10.8. The lowest BCUT2D eigenvalue weighted by molar-refractivity contribution is -0.196. The minimum Gasteiger partial charge on any atom is -0.462 e. The summed E-state index contributed by atoms with van der Waals surface area (Å²) in [6.45, 7) is 5.22. The SMILES string of the molecule is C=C(C)C(=O)OC12CC3CC(C1)OC(=O)C2C3. The second-order valence-corrected chi connectivity index (χ2v) is 5.59. The van der Waals surface area contributed by atoms with Crippen LogP contribution in [0.2, 0.25) is 0 Å². The second-order valence-electron chi connectivity index (χ2n) is 5.59. The Bertz CT molecular complexity index is 414. The lowest BCUT2D eigenvalue weighted by Gasteiger charge is -2.43. The third-order valence-electron chi connectivity index (χ3n) is 4.22. The molecule has 4 unspecified atom stereocenters. The molecule has 17 heavy (non-hydrogen) atoms. The number of rotatable bonds is 2. The molecule has 3 rings (SSSR count). The van der Waals surface area contributed by atoms with Crippen LogP contribution >= 0.6 is 0 Å². The van der Waals surface area contributed by atoms with E-state index in [4.69, 9.17) is 9.47 Å². The van der Waals surface area contributed by atoms with E-state index in [9.17, 15) is 9.59 Å². The fourth-order valence-electron chi connectivity index (χ4n) is 3.58. The number of esters is 2. The van der Waals surface area contributed by atoms with Gasteiger partial charge < -0.3 is 9.47 Å². The molecule has 1 aliphatic heterocycles. The van der Waals surface area contributed by atoms with Gasteiger partial charge in [0.2, 0.25) is 0 Å². The van der Waals surface area contributed by atoms with Gasteiger partial charge in [-0.2, -0.15) is 0 Å². The minimum absolute atomic E-state index is 0.0575. The van der Waals surface area contributed by atoms with Crippen molar-refractivity contribution in [2.24, 2.45) is 11.8 Å². The Kier molecular flexibility index (Phi) is 2.12. The summed E-state index contributed by atoms with van der Waals surface area (Å²) in [6.07, 6.45) is 3.15. The zero-order chi connectivity index (χ0) is 12.2. The largest absolute Gasteiger partial charge is 0.462 e. The highest BCUT2D eigenvalue weighted by Crippen LogP contribution is 2.55. The third-order valence-corrected chi connectivity index (χ3v) is 4.22. The van der Waals surface area contributed by atoms with Crippen LogP contribution in [0.4, 0.5) is 0 Å². The predicted octanol–water partition coefficient (Wildman–Crippen LogP) is 1.59. The van der Waals surface area contributed by atoms with E-state index in [1.807, 2.05) is 0 Å². The molecule has 3 aliphatic rings. The van der Waals surface area contributed by atoms with Crippen LogP contribution in [0.15, 0.2) is 12.2 Å². The molecule has 0 amide bonds. The zero-order valence-corrected chi connectivity index (χ0v) is 9.90. The summed E-state index contributed by atoms with van der Waals surface area (Å²) in [5, 5.41) is 0. The van der Waals surface area contributed by atoms with Gasteiger partial charge in [0.05, 0.1) is 5.92 Å². The fourth-order valence-corrected chi connectivity index (χ4v) is 3.58. The van der Waals surface area contributed by atoms with E-state index in [-0.39, 0.29) is 24.0 Å². The standard InChI is InChI=1S/C13H16O4/c1-7(2)11(14)17-13-5-8-3-9(6-13)16-12(15)10(13)4-8/h8-10H,1,3-6H2,2H3. The number of hydrogen-bond acceptors (Lipinski definition) is 4. The van der Waals surface area contributed by atoms with Crippen LogP contribution in [0.25, 0.3) is 0 Å². The zero-order valence-electron chi connectivity index (χ0n) is 9.90. The molecule has 2 aliphatic carbocycles. The van der Waals surface area contributed by atoms with Gasteiger partial charge in [0, 0.05) is 12.0 Å². The number of ether oxygens (including phenoxy) is 2. The molecule has 4 nitrogen and oxygen atoms in total. The van der Waals surface area contributed by atoms with E-state index in [1.165, 1.54) is 0 Å². The summed E-state index contributed by atoms with van der Waals surface area (Å²) in [5.41, 5.74) is -0.212. The molecule has 0 aromatic rings. The lowest BCUT2D eigenvalue weighted by atomic mass is 9.78. The van der Waals surface area contributed by atoms with Crippen molar-refractivity contribution in [2.75, 3.05) is 0 Å². The van der Waals surface area contributed by atoms with E-state index in [0.717, 1.165) is 19.3 Å². The van der Waals surface area contributed by atoms with Crippen molar-refractivity contribution in [1.82, 2.24) is 0 Å². The number of hydrogen-bond donors (Lipinski definition) is 0. The highest BCUT2D eigenvalue weighted by molar-refractivity contribution is 5.88. The molecule has 1 heterocycles. The van der Waals surface area contributed by atoms with E-state index >= 15 is 0 Å². The van der Waals surface area contributed by atoms with Crippen molar-refractivity contribution < 1.29 is 19.1 Å². The first-order valence-corrected chi connectivity index (χ1v) is 6.09. The smallest absolute Gasteiger partial charge is 0.333 e. The monoisotopic (exact) mass is 236 g/mol. The van der Waals surface area contributed by atoms with E-state index in [2.05, 4.69) is 6.58 Å². The Morgan fingerprint density at radius 2 is 2.24 bits per heavy atom. The molecule has 2 saturated carbocycles. The first-order chi connectivity index (χ1) is 8.00. The molecule has 92 valence electrons. The highest BCUT2D eigenvalue weighted by Gasteiger charge is 2.62. The van der Waals surface area contributed by atoms with Gasteiger partial charge in [0.1, 0.15) is 11.7 Å². The van der Waals surface area contributed by atoms with Crippen LogP contribution in [0, 0.1) is 11.8 Å². The van der Waals surface area contributed by atoms with Gasteiger partial charge in [-0.1, -0.05) is 6.58 Å². The van der Waals surface area contributed by atoms with E-state index < -0.39 is 5.60 Å². The fraction of sp³-hybridized carbons (Fsp3) is 0.692. The summed E-state index contributed by atoms with van der Waals surface area (Å²) in [4.78, 5) is 23.5. The maximum absolute atomic E-state index is 11.8. The number of carbonyl (C=O) groups is 2. The molecule has 0 spiro atoms. The maximum atomic E-state index is 11.8. The van der Waals surface area contributed by atoms with Crippen LogP contribution < -0.4 is 0 Å². The summed E-state index contributed by atoms with van der Waals surface area (Å²) in [7, 11) is 0. The van der Waals surface area contributed by atoms with Crippen molar-refractivity contribution in [1.29, 1.82) is 0 Å². The number of carbonyl (C=O) groups excluding carboxylic acids is 2.